The van der Waals surface area contributed by atoms with Crippen molar-refractivity contribution in [3.8, 4) is 0 Å². The maximum atomic E-state index is 10.7. The summed E-state index contributed by atoms with van der Waals surface area (Å²) >= 11 is 1.24. The van der Waals surface area contributed by atoms with Crippen LogP contribution in [0.3, 0.4) is 0 Å². The number of carboxylic acid groups (broad SMARTS) is 1. The van der Waals surface area contributed by atoms with Crippen molar-refractivity contribution in [3.05, 3.63) is 11.9 Å². The van der Waals surface area contributed by atoms with Crippen LogP contribution in [-0.4, -0.2) is 40.1 Å². The minimum atomic E-state index is -0.838. The molecule has 1 rings (SSSR count). The maximum Gasteiger partial charge on any atom is 0.313 e. The molecule has 0 aliphatic heterocycles. The van der Waals surface area contributed by atoms with Crippen molar-refractivity contribution in [2.45, 2.75) is 44.3 Å². The van der Waals surface area contributed by atoms with Gasteiger partial charge >= 0.3 is 5.97 Å². The number of hydrogen-bond acceptors (Lipinski definition) is 4. The SMILES string of the molecule is COCC(C)(C)n1c(C(C)C)cnc1SCC(=O)O. The smallest absolute Gasteiger partial charge is 0.313 e. The molecule has 0 atom stereocenters. The van der Waals surface area contributed by atoms with Crippen LogP contribution in [0.5, 0.6) is 0 Å². The lowest BCUT2D eigenvalue weighted by Crippen LogP contribution is -2.33. The molecule has 0 bridgehead atoms. The largest absolute Gasteiger partial charge is 0.481 e. The van der Waals surface area contributed by atoms with E-state index in [1.54, 1.807) is 7.11 Å². The molecule has 1 aromatic heterocycles. The second kappa shape index (κ2) is 6.43. The zero-order valence-electron chi connectivity index (χ0n) is 12.1. The Labute approximate surface area is 118 Å². The van der Waals surface area contributed by atoms with E-state index in [1.165, 1.54) is 11.8 Å². The fourth-order valence-corrected chi connectivity index (χ4v) is 2.87. The number of hydrogen-bond donors (Lipinski definition) is 1. The first-order chi connectivity index (χ1) is 8.79. The first kappa shape index (κ1) is 16.0. The summed E-state index contributed by atoms with van der Waals surface area (Å²) in [6, 6.07) is 0. The molecular weight excluding hydrogens is 264 g/mol. The molecule has 0 aromatic carbocycles. The van der Waals surface area contributed by atoms with Crippen LogP contribution in [0.15, 0.2) is 11.4 Å². The van der Waals surface area contributed by atoms with Crippen LogP contribution >= 0.6 is 11.8 Å². The molecule has 0 saturated carbocycles. The van der Waals surface area contributed by atoms with E-state index in [0.717, 1.165) is 10.9 Å². The summed E-state index contributed by atoms with van der Waals surface area (Å²) in [6.07, 6.45) is 1.83. The molecule has 0 saturated heterocycles. The summed E-state index contributed by atoms with van der Waals surface area (Å²) in [6.45, 7) is 8.87. The topological polar surface area (TPSA) is 64.4 Å². The van der Waals surface area contributed by atoms with Crippen molar-refractivity contribution in [3.63, 3.8) is 0 Å². The lowest BCUT2D eigenvalue weighted by Gasteiger charge is -2.30. The van der Waals surface area contributed by atoms with E-state index in [9.17, 15) is 4.79 Å². The molecule has 108 valence electrons. The number of methoxy groups -OCH3 is 1. The minimum Gasteiger partial charge on any atom is -0.481 e. The molecule has 0 unspecified atom stereocenters. The van der Waals surface area contributed by atoms with Crippen LogP contribution in [0.25, 0.3) is 0 Å². The van der Waals surface area contributed by atoms with Gasteiger partial charge in [0.25, 0.3) is 0 Å². The third kappa shape index (κ3) is 3.98. The molecule has 6 heteroatoms. The number of thioether (sulfide) groups is 1. The Morgan fingerprint density at radius 1 is 1.58 bits per heavy atom. The van der Waals surface area contributed by atoms with Gasteiger partial charge in [-0.2, -0.15) is 0 Å². The van der Waals surface area contributed by atoms with Crippen LogP contribution in [0.2, 0.25) is 0 Å². The zero-order chi connectivity index (χ0) is 14.6. The Bertz CT molecular complexity index is 441. The van der Waals surface area contributed by atoms with Crippen molar-refractivity contribution in [2.75, 3.05) is 19.5 Å². The minimum absolute atomic E-state index is 0.0115. The summed E-state index contributed by atoms with van der Waals surface area (Å²) < 4.78 is 7.36. The van der Waals surface area contributed by atoms with E-state index < -0.39 is 5.97 Å². The van der Waals surface area contributed by atoms with E-state index >= 15 is 0 Å². The average molecular weight is 286 g/mol. The van der Waals surface area contributed by atoms with E-state index in [4.69, 9.17) is 9.84 Å². The van der Waals surface area contributed by atoms with Crippen molar-refractivity contribution >= 4 is 17.7 Å². The monoisotopic (exact) mass is 286 g/mol. The lowest BCUT2D eigenvalue weighted by atomic mass is 10.0. The second-order valence-corrected chi connectivity index (χ2v) is 6.33. The number of imidazole rings is 1. The van der Waals surface area contributed by atoms with Gasteiger partial charge in [-0.1, -0.05) is 25.6 Å². The average Bonchev–Trinajstić information content (AvgIpc) is 2.70. The highest BCUT2D eigenvalue weighted by molar-refractivity contribution is 7.99. The number of ether oxygens (including phenoxy) is 1. The molecule has 19 heavy (non-hydrogen) atoms. The summed E-state index contributed by atoms with van der Waals surface area (Å²) in [4.78, 5) is 15.1. The fraction of sp³-hybridized carbons (Fsp3) is 0.692. The molecule has 0 aliphatic rings. The highest BCUT2D eigenvalue weighted by Crippen LogP contribution is 2.30. The van der Waals surface area contributed by atoms with Crippen LogP contribution in [-0.2, 0) is 15.1 Å². The van der Waals surface area contributed by atoms with E-state index in [0.29, 0.717) is 12.5 Å². The van der Waals surface area contributed by atoms with Crippen molar-refractivity contribution in [2.24, 2.45) is 0 Å². The third-order valence-corrected chi connectivity index (χ3v) is 3.71. The van der Waals surface area contributed by atoms with Gasteiger partial charge in [0.05, 0.1) is 17.9 Å². The van der Waals surface area contributed by atoms with Crippen LogP contribution in [0.1, 0.15) is 39.3 Å². The molecule has 1 aromatic rings. The summed E-state index contributed by atoms with van der Waals surface area (Å²) in [5.41, 5.74) is 0.834. The molecular formula is C13H22N2O3S. The second-order valence-electron chi connectivity index (χ2n) is 5.38. The highest BCUT2D eigenvalue weighted by atomic mass is 32.2. The van der Waals surface area contributed by atoms with Crippen molar-refractivity contribution in [1.82, 2.24) is 9.55 Å². The molecule has 0 spiro atoms. The van der Waals surface area contributed by atoms with Gasteiger partial charge < -0.3 is 14.4 Å². The van der Waals surface area contributed by atoms with Crippen LogP contribution in [0.4, 0.5) is 0 Å². The molecule has 0 fully saturated rings. The van der Waals surface area contributed by atoms with Crippen molar-refractivity contribution < 1.29 is 14.6 Å². The number of aromatic nitrogens is 2. The van der Waals surface area contributed by atoms with E-state index in [1.807, 2.05) is 6.20 Å². The molecule has 1 heterocycles. The molecule has 0 amide bonds. The number of carbonyl (C=O) groups is 1. The van der Waals surface area contributed by atoms with Gasteiger partial charge in [0.1, 0.15) is 0 Å². The predicted octanol–water partition coefficient (Wildman–Crippen LogP) is 2.56. The number of rotatable bonds is 7. The first-order valence-corrected chi connectivity index (χ1v) is 7.19. The zero-order valence-corrected chi connectivity index (χ0v) is 13.0. The van der Waals surface area contributed by atoms with E-state index in [-0.39, 0.29) is 11.3 Å². The van der Waals surface area contributed by atoms with Gasteiger partial charge in [0.2, 0.25) is 0 Å². The standard InChI is InChI=1S/C13H22N2O3S/c1-9(2)10-6-14-12(19-7-11(16)17)15(10)13(3,4)8-18-5/h6,9H,7-8H2,1-5H3,(H,16,17). The molecule has 0 radical (unpaired) electrons. The first-order valence-electron chi connectivity index (χ1n) is 6.21. The molecule has 0 aliphatic carbocycles. The summed E-state index contributed by atoms with van der Waals surface area (Å²) in [7, 11) is 1.66. The number of nitrogens with zero attached hydrogens (tertiary/aromatic N) is 2. The quantitative estimate of drug-likeness (QED) is 0.780. The van der Waals surface area contributed by atoms with Gasteiger partial charge in [0.15, 0.2) is 5.16 Å². The third-order valence-electron chi connectivity index (χ3n) is 2.78. The Balaban J connectivity index is 3.15. The Kier molecular flexibility index (Phi) is 5.43. The molecule has 1 N–H and O–H groups in total. The van der Waals surface area contributed by atoms with Crippen LogP contribution < -0.4 is 0 Å². The Morgan fingerprint density at radius 3 is 2.68 bits per heavy atom. The maximum absolute atomic E-state index is 10.7. The Hall–Kier alpha value is -1.01. The van der Waals surface area contributed by atoms with E-state index in [2.05, 4.69) is 37.2 Å². The van der Waals surface area contributed by atoms with Gasteiger partial charge in [-0.15, -0.1) is 0 Å². The van der Waals surface area contributed by atoms with Gasteiger partial charge in [-0.25, -0.2) is 4.98 Å². The van der Waals surface area contributed by atoms with Gasteiger partial charge in [0, 0.05) is 19.0 Å². The highest BCUT2D eigenvalue weighted by Gasteiger charge is 2.27. The Morgan fingerprint density at radius 2 is 2.21 bits per heavy atom. The molecule has 5 nitrogen and oxygen atoms in total. The predicted molar refractivity (Wildman–Crippen MR) is 75.9 cm³/mol. The summed E-state index contributed by atoms with van der Waals surface area (Å²) in [5.74, 6) is -0.504. The lowest BCUT2D eigenvalue weighted by molar-refractivity contribution is -0.133. The van der Waals surface area contributed by atoms with Crippen molar-refractivity contribution in [1.29, 1.82) is 0 Å². The van der Waals surface area contributed by atoms with Crippen LogP contribution in [0, 0.1) is 0 Å². The normalized spacial score (nSPS) is 12.1. The number of carboxylic acids is 1. The number of aliphatic carboxylic acids is 1. The van der Waals surface area contributed by atoms with Gasteiger partial charge in [-0.05, 0) is 19.8 Å². The summed E-state index contributed by atoms with van der Waals surface area (Å²) in [5, 5.41) is 9.54. The van der Waals surface area contributed by atoms with Gasteiger partial charge in [-0.3, -0.25) is 4.79 Å². The fourth-order valence-electron chi connectivity index (χ4n) is 2.01.